The third kappa shape index (κ3) is 4.09. The third-order valence-corrected chi connectivity index (χ3v) is 5.41. The van der Waals surface area contributed by atoms with E-state index in [0.717, 1.165) is 30.4 Å². The molecule has 150 valence electrons. The minimum absolute atomic E-state index is 0.0872. The van der Waals surface area contributed by atoms with Gasteiger partial charge in [-0.1, -0.05) is 24.9 Å². The van der Waals surface area contributed by atoms with Crippen molar-refractivity contribution in [2.24, 2.45) is 0 Å². The molecule has 0 amide bonds. The van der Waals surface area contributed by atoms with Crippen molar-refractivity contribution in [1.82, 2.24) is 4.98 Å². The molecule has 28 heavy (non-hydrogen) atoms. The second-order valence-corrected chi connectivity index (χ2v) is 7.84. The highest BCUT2D eigenvalue weighted by molar-refractivity contribution is 6.31. The monoisotopic (exact) mass is 403 g/mol. The number of ketones is 1. The van der Waals surface area contributed by atoms with Crippen LogP contribution in [0.3, 0.4) is 0 Å². The van der Waals surface area contributed by atoms with Crippen molar-refractivity contribution in [3.63, 3.8) is 0 Å². The van der Waals surface area contributed by atoms with Crippen LogP contribution in [0.15, 0.2) is 24.5 Å². The number of hydrogen-bond donors (Lipinski definition) is 0. The number of Topliss-reactive ketones (excluding diaryl/α,β-unsaturated/α-hetero) is 1. The number of methoxy groups -OCH3 is 1. The van der Waals surface area contributed by atoms with E-state index in [2.05, 4.69) is 11.9 Å². The Kier molecular flexibility index (Phi) is 6.14. The number of aromatic nitrogens is 1. The van der Waals surface area contributed by atoms with Gasteiger partial charge in [-0.3, -0.25) is 9.78 Å². The summed E-state index contributed by atoms with van der Waals surface area (Å²) in [4.78, 5) is 17.1. The summed E-state index contributed by atoms with van der Waals surface area (Å²) in [5.74, 6) is 1.42. The molecule has 0 N–H and O–H groups in total. The van der Waals surface area contributed by atoms with Crippen molar-refractivity contribution in [3.8, 4) is 17.2 Å². The number of carbonyl (C=O) groups excluding carboxylic acids is 1. The normalized spacial score (nSPS) is 18.0. The molecule has 1 aromatic carbocycles. The lowest BCUT2D eigenvalue weighted by Crippen LogP contribution is -2.42. The lowest BCUT2D eigenvalue weighted by molar-refractivity contribution is -0.00463. The number of nitrogens with zero attached hydrogens (tertiary/aromatic N) is 1. The summed E-state index contributed by atoms with van der Waals surface area (Å²) in [6, 6.07) is 3.48. The lowest BCUT2D eigenvalue weighted by atomic mass is 9.96. The Hall–Kier alpha value is -2.27. The maximum absolute atomic E-state index is 13.1. The summed E-state index contributed by atoms with van der Waals surface area (Å²) in [5.41, 5.74) is 1.69. The van der Waals surface area contributed by atoms with Crippen LogP contribution >= 0.6 is 11.6 Å². The molecule has 6 heteroatoms. The molecule has 1 atom stereocenters. The Morgan fingerprint density at radius 1 is 1.32 bits per heavy atom. The van der Waals surface area contributed by atoms with E-state index in [1.54, 1.807) is 31.6 Å². The molecule has 0 aliphatic carbocycles. The molecule has 0 saturated heterocycles. The Balaban J connectivity index is 1.94. The van der Waals surface area contributed by atoms with E-state index >= 15 is 0 Å². The highest BCUT2D eigenvalue weighted by atomic mass is 35.5. The van der Waals surface area contributed by atoms with Gasteiger partial charge in [0.05, 0.1) is 17.7 Å². The average molecular weight is 404 g/mol. The summed E-state index contributed by atoms with van der Waals surface area (Å²) in [7, 11) is 1.58. The van der Waals surface area contributed by atoms with E-state index in [9.17, 15) is 4.79 Å². The number of hydrogen-bond acceptors (Lipinski definition) is 5. The van der Waals surface area contributed by atoms with E-state index in [4.69, 9.17) is 25.8 Å². The fourth-order valence-corrected chi connectivity index (χ4v) is 3.65. The zero-order chi connectivity index (χ0) is 20.3. The summed E-state index contributed by atoms with van der Waals surface area (Å²) >= 11 is 6.25. The van der Waals surface area contributed by atoms with Crippen molar-refractivity contribution in [1.29, 1.82) is 0 Å². The van der Waals surface area contributed by atoms with Crippen LogP contribution in [0.4, 0.5) is 0 Å². The average Bonchev–Trinajstić information content (AvgIpc) is 2.68. The molecule has 1 unspecified atom stereocenters. The molecule has 1 aromatic heterocycles. The molecular formula is C22H26ClNO4. The van der Waals surface area contributed by atoms with Gasteiger partial charge < -0.3 is 14.2 Å². The van der Waals surface area contributed by atoms with Crippen LogP contribution in [-0.4, -0.2) is 30.1 Å². The smallest absolute Gasteiger partial charge is 0.205 e. The van der Waals surface area contributed by atoms with Crippen molar-refractivity contribution in [2.75, 3.05) is 13.7 Å². The van der Waals surface area contributed by atoms with Crippen LogP contribution in [0.1, 0.15) is 54.6 Å². The number of halogens is 1. The molecule has 3 rings (SSSR count). The van der Waals surface area contributed by atoms with E-state index in [-0.39, 0.29) is 12.2 Å². The Morgan fingerprint density at radius 2 is 2.11 bits per heavy atom. The fourth-order valence-electron chi connectivity index (χ4n) is 3.38. The van der Waals surface area contributed by atoms with Gasteiger partial charge in [-0.05, 0) is 49.9 Å². The molecule has 0 radical (unpaired) electrons. The van der Waals surface area contributed by atoms with Gasteiger partial charge in [-0.15, -0.1) is 0 Å². The Labute approximate surface area is 171 Å². The number of aryl methyl sites for hydroxylation is 1. The van der Waals surface area contributed by atoms with Crippen LogP contribution in [-0.2, 0) is 6.42 Å². The highest BCUT2D eigenvalue weighted by Gasteiger charge is 2.36. The molecule has 0 spiro atoms. The summed E-state index contributed by atoms with van der Waals surface area (Å²) in [6.45, 7) is 6.45. The van der Waals surface area contributed by atoms with Gasteiger partial charge in [-0.2, -0.15) is 0 Å². The van der Waals surface area contributed by atoms with Crippen molar-refractivity contribution in [3.05, 3.63) is 46.2 Å². The molecule has 0 bridgehead atoms. The number of rotatable bonds is 7. The van der Waals surface area contributed by atoms with Crippen molar-refractivity contribution in [2.45, 2.75) is 52.1 Å². The zero-order valence-electron chi connectivity index (χ0n) is 16.8. The summed E-state index contributed by atoms with van der Waals surface area (Å²) < 4.78 is 17.8. The number of ether oxygens (including phenoxy) is 3. The van der Waals surface area contributed by atoms with Crippen LogP contribution in [0.2, 0.25) is 5.02 Å². The second-order valence-electron chi connectivity index (χ2n) is 7.43. The van der Waals surface area contributed by atoms with Crippen molar-refractivity contribution < 1.29 is 19.0 Å². The van der Waals surface area contributed by atoms with Gasteiger partial charge in [-0.25, -0.2) is 0 Å². The SMILES string of the molecule is CCCCC1(C)COc2c(C(=O)Cc3c(C)cncc3Cl)ccc(OC)c2O1. The minimum atomic E-state index is -0.442. The summed E-state index contributed by atoms with van der Waals surface area (Å²) in [5, 5.41) is 0.486. The quantitative estimate of drug-likeness (QED) is 0.595. The molecular weight excluding hydrogens is 378 g/mol. The van der Waals surface area contributed by atoms with Crippen LogP contribution in [0.5, 0.6) is 17.2 Å². The molecule has 0 saturated carbocycles. The third-order valence-electron chi connectivity index (χ3n) is 5.08. The maximum atomic E-state index is 13.1. The molecule has 1 aliphatic heterocycles. The van der Waals surface area contributed by atoms with Gasteiger partial charge in [0.1, 0.15) is 12.2 Å². The molecule has 0 fully saturated rings. The lowest BCUT2D eigenvalue weighted by Gasteiger charge is -2.37. The predicted octanol–water partition coefficient (Wildman–Crippen LogP) is 5.20. The van der Waals surface area contributed by atoms with Crippen LogP contribution in [0, 0.1) is 6.92 Å². The first kappa shape index (κ1) is 20.5. The van der Waals surface area contributed by atoms with Crippen LogP contribution < -0.4 is 14.2 Å². The maximum Gasteiger partial charge on any atom is 0.205 e. The number of fused-ring (bicyclic) bond motifs is 1. The zero-order valence-corrected chi connectivity index (χ0v) is 17.6. The molecule has 2 heterocycles. The molecule has 5 nitrogen and oxygen atoms in total. The van der Waals surface area contributed by atoms with Gasteiger partial charge in [0.15, 0.2) is 17.3 Å². The Bertz CT molecular complexity index is 863. The molecule has 1 aliphatic rings. The number of unbranched alkanes of at least 4 members (excludes halogenated alkanes) is 1. The van der Waals surface area contributed by atoms with E-state index in [1.807, 2.05) is 13.8 Å². The first-order valence-electron chi connectivity index (χ1n) is 9.53. The number of pyridine rings is 1. The number of benzene rings is 1. The van der Waals surface area contributed by atoms with Crippen LogP contribution in [0.25, 0.3) is 0 Å². The number of carbonyl (C=O) groups is 1. The fraction of sp³-hybridized carbons (Fsp3) is 0.455. The van der Waals surface area contributed by atoms with Gasteiger partial charge >= 0.3 is 0 Å². The first-order valence-corrected chi connectivity index (χ1v) is 9.91. The van der Waals surface area contributed by atoms with E-state index in [1.165, 1.54) is 0 Å². The Morgan fingerprint density at radius 3 is 2.79 bits per heavy atom. The van der Waals surface area contributed by atoms with E-state index in [0.29, 0.717) is 34.4 Å². The summed E-state index contributed by atoms with van der Waals surface area (Å²) in [6.07, 6.45) is 6.41. The standard InChI is InChI=1S/C22H26ClNO4/c1-5-6-9-22(3)13-27-20-15(7-8-19(26-4)21(20)28-22)18(25)10-16-14(2)11-24-12-17(16)23/h7-8,11-12H,5-6,9-10,13H2,1-4H3. The van der Waals surface area contributed by atoms with Gasteiger partial charge in [0, 0.05) is 18.8 Å². The molecule has 2 aromatic rings. The van der Waals surface area contributed by atoms with Gasteiger partial charge in [0.2, 0.25) is 5.75 Å². The van der Waals surface area contributed by atoms with Crippen molar-refractivity contribution >= 4 is 17.4 Å². The highest BCUT2D eigenvalue weighted by Crippen LogP contribution is 2.46. The predicted molar refractivity (Wildman–Crippen MR) is 109 cm³/mol. The largest absolute Gasteiger partial charge is 0.493 e. The topological polar surface area (TPSA) is 57.7 Å². The van der Waals surface area contributed by atoms with E-state index < -0.39 is 5.60 Å². The first-order chi connectivity index (χ1) is 13.4. The second kappa shape index (κ2) is 8.39. The minimum Gasteiger partial charge on any atom is -0.493 e. The van der Waals surface area contributed by atoms with Gasteiger partial charge in [0.25, 0.3) is 0 Å².